The smallest absolute Gasteiger partial charge is 0.122 e. The molecule has 1 heteroatoms. The van der Waals surface area contributed by atoms with Crippen LogP contribution in [0.25, 0.3) is 0 Å². The Hall–Kier alpha value is -0.980. The van der Waals surface area contributed by atoms with E-state index >= 15 is 0 Å². The van der Waals surface area contributed by atoms with Crippen molar-refractivity contribution in [2.75, 3.05) is 0 Å². The van der Waals surface area contributed by atoms with Crippen LogP contribution in [0.5, 0.6) is 5.75 Å². The molecule has 0 saturated heterocycles. The molecule has 1 aromatic carbocycles. The summed E-state index contributed by atoms with van der Waals surface area (Å²) in [6.07, 6.45) is 14.7. The van der Waals surface area contributed by atoms with Gasteiger partial charge in [0.1, 0.15) is 5.75 Å². The van der Waals surface area contributed by atoms with Crippen molar-refractivity contribution in [3.8, 4) is 5.75 Å². The number of hydrogen-bond donors (Lipinski definition) is 1. The zero-order valence-electron chi connectivity index (χ0n) is 16.9. The zero-order chi connectivity index (χ0) is 17.9. The predicted octanol–water partition coefficient (Wildman–Crippen LogP) is 7.21. The molecule has 138 valence electrons. The van der Waals surface area contributed by atoms with Gasteiger partial charge in [0.05, 0.1) is 0 Å². The lowest BCUT2D eigenvalue weighted by Gasteiger charge is -2.22. The Morgan fingerprint density at radius 2 is 1.04 bits per heavy atom. The average Bonchev–Trinajstić information content (AvgIpc) is 2.59. The van der Waals surface area contributed by atoms with Gasteiger partial charge in [-0.1, -0.05) is 59.3 Å². The Morgan fingerprint density at radius 1 is 0.542 bits per heavy atom. The molecule has 0 spiro atoms. The van der Waals surface area contributed by atoms with E-state index in [1.54, 1.807) is 5.56 Å². The van der Waals surface area contributed by atoms with Gasteiger partial charge in [-0.15, -0.1) is 0 Å². The molecule has 0 atom stereocenters. The van der Waals surface area contributed by atoms with Crippen LogP contribution in [-0.2, 0) is 19.3 Å². The highest BCUT2D eigenvalue weighted by Gasteiger charge is 2.18. The van der Waals surface area contributed by atoms with E-state index in [0.717, 1.165) is 18.4 Å². The largest absolute Gasteiger partial charge is 0.507 e. The van der Waals surface area contributed by atoms with E-state index in [9.17, 15) is 5.11 Å². The summed E-state index contributed by atoms with van der Waals surface area (Å²) in [6.45, 7) is 11.1. The molecule has 0 bridgehead atoms. The molecule has 0 aromatic heterocycles. The highest BCUT2D eigenvalue weighted by molar-refractivity contribution is 5.54. The molecule has 1 rings (SSSR count). The maximum atomic E-state index is 10.8. The summed E-state index contributed by atoms with van der Waals surface area (Å²) in [6, 6.07) is 0. The first-order chi connectivity index (χ1) is 11.6. The first kappa shape index (κ1) is 21.1. The molecule has 1 nitrogen and oxygen atoms in total. The second kappa shape index (κ2) is 11.6. The van der Waals surface area contributed by atoms with Crippen molar-refractivity contribution in [1.29, 1.82) is 0 Å². The lowest BCUT2D eigenvalue weighted by molar-refractivity contribution is 0.459. The van der Waals surface area contributed by atoms with Crippen molar-refractivity contribution in [2.45, 2.75) is 112 Å². The maximum absolute atomic E-state index is 10.8. The van der Waals surface area contributed by atoms with Gasteiger partial charge >= 0.3 is 0 Å². The van der Waals surface area contributed by atoms with Crippen LogP contribution >= 0.6 is 0 Å². The van der Waals surface area contributed by atoms with E-state index < -0.39 is 0 Å². The van der Waals surface area contributed by atoms with Crippen LogP contribution in [0.2, 0.25) is 0 Å². The van der Waals surface area contributed by atoms with Crippen LogP contribution in [0.3, 0.4) is 0 Å². The van der Waals surface area contributed by atoms with Crippen molar-refractivity contribution < 1.29 is 5.11 Å². The van der Waals surface area contributed by atoms with Crippen molar-refractivity contribution >= 4 is 0 Å². The fraction of sp³-hybridized carbons (Fsp3) is 0.739. The van der Waals surface area contributed by atoms with Gasteiger partial charge in [0.15, 0.2) is 0 Å². The highest BCUT2D eigenvalue weighted by Crippen LogP contribution is 2.35. The standard InChI is InChI=1S/C23H40O/c1-6-9-12-13-14-17-22-21(16-11-8-3)20(15-10-7-2)18(4)19(5)23(22)24/h24H,6-17H2,1-5H3. The molecule has 0 aliphatic rings. The first-order valence-corrected chi connectivity index (χ1v) is 10.4. The monoisotopic (exact) mass is 332 g/mol. The quantitative estimate of drug-likeness (QED) is 0.401. The van der Waals surface area contributed by atoms with Gasteiger partial charge in [-0.05, 0) is 80.2 Å². The van der Waals surface area contributed by atoms with Gasteiger partial charge in [-0.2, -0.15) is 0 Å². The average molecular weight is 333 g/mol. The Kier molecular flexibility index (Phi) is 10.1. The van der Waals surface area contributed by atoms with E-state index in [2.05, 4.69) is 34.6 Å². The number of phenols is 1. The summed E-state index contributed by atoms with van der Waals surface area (Å²) in [4.78, 5) is 0. The number of unbranched alkanes of at least 4 members (excludes halogenated alkanes) is 6. The number of benzene rings is 1. The third kappa shape index (κ3) is 5.83. The van der Waals surface area contributed by atoms with Gasteiger partial charge in [0, 0.05) is 0 Å². The molecule has 0 unspecified atom stereocenters. The molecule has 0 fully saturated rings. The predicted molar refractivity (Wildman–Crippen MR) is 107 cm³/mol. The van der Waals surface area contributed by atoms with Crippen molar-refractivity contribution in [2.24, 2.45) is 0 Å². The molecule has 24 heavy (non-hydrogen) atoms. The maximum Gasteiger partial charge on any atom is 0.122 e. The molecule has 0 aliphatic heterocycles. The van der Waals surface area contributed by atoms with Gasteiger partial charge in [-0.25, -0.2) is 0 Å². The summed E-state index contributed by atoms with van der Waals surface area (Å²) >= 11 is 0. The molecular weight excluding hydrogens is 292 g/mol. The molecule has 0 radical (unpaired) electrons. The normalized spacial score (nSPS) is 11.2. The number of hydrogen-bond acceptors (Lipinski definition) is 1. The molecular formula is C23H40O. The van der Waals surface area contributed by atoms with Crippen LogP contribution in [0.1, 0.15) is 106 Å². The first-order valence-electron chi connectivity index (χ1n) is 10.4. The van der Waals surface area contributed by atoms with Gasteiger partial charge in [0.2, 0.25) is 0 Å². The molecule has 0 saturated carbocycles. The molecule has 0 heterocycles. The second-order valence-electron chi connectivity index (χ2n) is 7.41. The Morgan fingerprint density at radius 3 is 1.62 bits per heavy atom. The van der Waals surface area contributed by atoms with Gasteiger partial charge < -0.3 is 5.11 Å². The summed E-state index contributed by atoms with van der Waals surface area (Å²) in [5, 5.41) is 10.8. The minimum atomic E-state index is 0.592. The number of aromatic hydroxyl groups is 1. The van der Waals surface area contributed by atoms with Crippen molar-refractivity contribution in [1.82, 2.24) is 0 Å². The van der Waals surface area contributed by atoms with E-state index in [-0.39, 0.29) is 0 Å². The fourth-order valence-electron chi connectivity index (χ4n) is 3.70. The van der Waals surface area contributed by atoms with Gasteiger partial charge in [-0.3, -0.25) is 0 Å². The molecule has 0 aliphatic carbocycles. The van der Waals surface area contributed by atoms with E-state index in [1.165, 1.54) is 80.9 Å². The van der Waals surface area contributed by atoms with Crippen molar-refractivity contribution in [3.05, 3.63) is 27.8 Å². The third-order valence-corrected chi connectivity index (χ3v) is 5.48. The van der Waals surface area contributed by atoms with Crippen LogP contribution in [0.15, 0.2) is 0 Å². The fourth-order valence-corrected chi connectivity index (χ4v) is 3.70. The molecule has 0 amide bonds. The lowest BCUT2D eigenvalue weighted by atomic mass is 9.85. The molecule has 1 aromatic rings. The van der Waals surface area contributed by atoms with E-state index in [0.29, 0.717) is 5.75 Å². The lowest BCUT2D eigenvalue weighted by Crippen LogP contribution is -2.07. The highest BCUT2D eigenvalue weighted by atomic mass is 16.3. The SMILES string of the molecule is CCCCCCCc1c(O)c(C)c(C)c(CCCC)c1CCCC. The Bertz CT molecular complexity index is 488. The van der Waals surface area contributed by atoms with Crippen LogP contribution in [0, 0.1) is 13.8 Å². The van der Waals surface area contributed by atoms with Gasteiger partial charge in [0.25, 0.3) is 0 Å². The van der Waals surface area contributed by atoms with Crippen LogP contribution in [0.4, 0.5) is 0 Å². The number of phenolic OH excluding ortho intramolecular Hbond substituents is 1. The van der Waals surface area contributed by atoms with Crippen molar-refractivity contribution in [3.63, 3.8) is 0 Å². The summed E-state index contributed by atoms with van der Waals surface area (Å²) in [5.74, 6) is 0.592. The zero-order valence-corrected chi connectivity index (χ0v) is 16.9. The van der Waals surface area contributed by atoms with Crippen LogP contribution in [-0.4, -0.2) is 5.11 Å². The number of rotatable bonds is 12. The summed E-state index contributed by atoms with van der Waals surface area (Å²) in [7, 11) is 0. The minimum Gasteiger partial charge on any atom is -0.507 e. The second-order valence-corrected chi connectivity index (χ2v) is 7.41. The molecule has 1 N–H and O–H groups in total. The third-order valence-electron chi connectivity index (χ3n) is 5.48. The topological polar surface area (TPSA) is 20.2 Å². The Labute approximate surface area is 150 Å². The Balaban J connectivity index is 3.08. The van der Waals surface area contributed by atoms with Crippen LogP contribution < -0.4 is 0 Å². The van der Waals surface area contributed by atoms with E-state index in [4.69, 9.17) is 0 Å². The summed E-state index contributed by atoms with van der Waals surface area (Å²) < 4.78 is 0. The minimum absolute atomic E-state index is 0.592. The van der Waals surface area contributed by atoms with E-state index in [1.807, 2.05) is 0 Å². The summed E-state index contributed by atoms with van der Waals surface area (Å²) in [5.41, 5.74) is 6.76.